The molecular weight excluding hydrogens is 458 g/mol. The van der Waals surface area contributed by atoms with Gasteiger partial charge in [-0.3, -0.25) is 4.79 Å². The third-order valence-electron chi connectivity index (χ3n) is 5.57. The highest BCUT2D eigenvalue weighted by atomic mass is 35.5. The van der Waals surface area contributed by atoms with E-state index in [1.165, 1.54) is 6.20 Å². The zero-order valence-corrected chi connectivity index (χ0v) is 19.5. The highest BCUT2D eigenvalue weighted by Crippen LogP contribution is 2.26. The second-order valence-electron chi connectivity index (χ2n) is 7.77. The first kappa shape index (κ1) is 23.7. The van der Waals surface area contributed by atoms with Crippen molar-refractivity contribution >= 4 is 29.3 Å². The van der Waals surface area contributed by atoms with Crippen molar-refractivity contribution in [3.8, 4) is 5.75 Å². The molecule has 1 aromatic carbocycles. The number of carbonyl (C=O) groups is 1. The Morgan fingerprint density at radius 2 is 2.09 bits per heavy atom. The maximum absolute atomic E-state index is 13.0. The summed E-state index contributed by atoms with van der Waals surface area (Å²) in [5, 5.41) is 16.2. The van der Waals surface area contributed by atoms with Gasteiger partial charge in [0.2, 0.25) is 5.95 Å². The number of aliphatic hydroxyl groups excluding tert-OH is 1. The molecular formula is C23H26ClN7O3. The number of aromatic nitrogens is 4. The number of carbonyl (C=O) groups excluding carboxylic acids is 1. The summed E-state index contributed by atoms with van der Waals surface area (Å²) in [5.74, 6) is 1.63. The van der Waals surface area contributed by atoms with Crippen molar-refractivity contribution in [3.63, 3.8) is 0 Å². The summed E-state index contributed by atoms with van der Waals surface area (Å²) >= 11 is 6.19. The van der Waals surface area contributed by atoms with Crippen LogP contribution in [0.4, 0.5) is 11.8 Å². The molecule has 3 heterocycles. The van der Waals surface area contributed by atoms with Gasteiger partial charge in [0.25, 0.3) is 5.91 Å². The Hall–Kier alpha value is -3.50. The standard InChI is InChI=1S/C23H26ClN7O3/c1-34-19-6-5-15(10-18(19)24)11-28-22(33)17-12-29-23(31-9-2-4-16(31)14-32)30-21(17)27-13-20-25-7-3-8-26-20/h3,5-8,10,12,16,32H,2,4,9,11,13-14H2,1H3,(H,28,33)(H,27,29,30)/t16-/m0/s1. The molecule has 0 aliphatic carbocycles. The molecule has 0 unspecified atom stereocenters. The molecule has 10 nitrogen and oxygen atoms in total. The molecule has 0 radical (unpaired) electrons. The molecule has 1 saturated heterocycles. The van der Waals surface area contributed by atoms with E-state index < -0.39 is 0 Å². The van der Waals surface area contributed by atoms with E-state index in [0.717, 1.165) is 24.9 Å². The van der Waals surface area contributed by atoms with Crippen molar-refractivity contribution in [1.82, 2.24) is 25.3 Å². The lowest BCUT2D eigenvalue weighted by Crippen LogP contribution is -2.34. The summed E-state index contributed by atoms with van der Waals surface area (Å²) in [6.07, 6.45) is 6.62. The Balaban J connectivity index is 1.54. The summed E-state index contributed by atoms with van der Waals surface area (Å²) in [6.45, 7) is 1.33. The van der Waals surface area contributed by atoms with Gasteiger partial charge >= 0.3 is 0 Å². The van der Waals surface area contributed by atoms with E-state index >= 15 is 0 Å². The number of rotatable bonds is 9. The van der Waals surface area contributed by atoms with Crippen LogP contribution < -0.4 is 20.3 Å². The first-order valence-electron chi connectivity index (χ1n) is 10.9. The highest BCUT2D eigenvalue weighted by molar-refractivity contribution is 6.32. The average Bonchev–Trinajstić information content (AvgIpc) is 3.35. The molecule has 1 aliphatic heterocycles. The fourth-order valence-corrected chi connectivity index (χ4v) is 4.06. The van der Waals surface area contributed by atoms with Crippen LogP contribution in [0.5, 0.6) is 5.75 Å². The van der Waals surface area contributed by atoms with E-state index in [1.54, 1.807) is 37.7 Å². The lowest BCUT2D eigenvalue weighted by molar-refractivity contribution is 0.0951. The van der Waals surface area contributed by atoms with Crippen molar-refractivity contribution in [1.29, 1.82) is 0 Å². The Labute approximate surface area is 202 Å². The Bertz CT molecular complexity index is 1130. The SMILES string of the molecule is COc1ccc(CNC(=O)c2cnc(N3CCC[C@H]3CO)nc2NCc2ncccn2)cc1Cl. The predicted molar refractivity (Wildman–Crippen MR) is 128 cm³/mol. The number of hydrogen-bond acceptors (Lipinski definition) is 9. The number of methoxy groups -OCH3 is 1. The minimum Gasteiger partial charge on any atom is -0.495 e. The summed E-state index contributed by atoms with van der Waals surface area (Å²) in [7, 11) is 1.55. The van der Waals surface area contributed by atoms with Gasteiger partial charge in [0.15, 0.2) is 0 Å². The predicted octanol–water partition coefficient (Wildman–Crippen LogP) is 2.43. The van der Waals surface area contributed by atoms with Gasteiger partial charge in [-0.1, -0.05) is 17.7 Å². The van der Waals surface area contributed by atoms with Crippen LogP contribution in [-0.4, -0.2) is 57.3 Å². The van der Waals surface area contributed by atoms with Crippen LogP contribution >= 0.6 is 11.6 Å². The normalized spacial score (nSPS) is 15.3. The molecule has 1 atom stereocenters. The number of ether oxygens (including phenoxy) is 1. The minimum atomic E-state index is -0.338. The van der Waals surface area contributed by atoms with Crippen molar-refractivity contribution in [2.24, 2.45) is 0 Å². The molecule has 0 spiro atoms. The van der Waals surface area contributed by atoms with Crippen molar-refractivity contribution in [3.05, 3.63) is 64.8 Å². The zero-order valence-electron chi connectivity index (χ0n) is 18.7. The number of halogens is 1. The monoisotopic (exact) mass is 483 g/mol. The second kappa shape index (κ2) is 11.1. The molecule has 1 aliphatic rings. The highest BCUT2D eigenvalue weighted by Gasteiger charge is 2.27. The summed E-state index contributed by atoms with van der Waals surface area (Å²) in [4.78, 5) is 32.5. The number of nitrogens with one attached hydrogen (secondary N) is 2. The van der Waals surface area contributed by atoms with Gasteiger partial charge in [0.1, 0.15) is 23.0 Å². The third kappa shape index (κ3) is 5.52. The maximum Gasteiger partial charge on any atom is 0.256 e. The first-order valence-corrected chi connectivity index (χ1v) is 11.3. The van der Waals surface area contributed by atoms with Crippen LogP contribution in [0.3, 0.4) is 0 Å². The van der Waals surface area contributed by atoms with E-state index in [4.69, 9.17) is 16.3 Å². The van der Waals surface area contributed by atoms with Gasteiger partial charge in [-0.2, -0.15) is 4.98 Å². The van der Waals surface area contributed by atoms with Gasteiger partial charge < -0.3 is 25.4 Å². The van der Waals surface area contributed by atoms with E-state index in [9.17, 15) is 9.90 Å². The van der Waals surface area contributed by atoms with Gasteiger partial charge in [0, 0.05) is 31.7 Å². The van der Waals surface area contributed by atoms with Crippen LogP contribution in [0.25, 0.3) is 0 Å². The number of amides is 1. The van der Waals surface area contributed by atoms with E-state index in [-0.39, 0.29) is 31.6 Å². The van der Waals surface area contributed by atoms with Crippen molar-refractivity contribution in [2.75, 3.05) is 30.5 Å². The van der Waals surface area contributed by atoms with Crippen molar-refractivity contribution < 1.29 is 14.6 Å². The molecule has 0 saturated carbocycles. The van der Waals surface area contributed by atoms with E-state index in [2.05, 4.69) is 30.6 Å². The number of benzene rings is 1. The molecule has 3 aromatic rings. The topological polar surface area (TPSA) is 125 Å². The zero-order chi connectivity index (χ0) is 23.9. The number of anilines is 2. The number of hydrogen-bond donors (Lipinski definition) is 3. The van der Waals surface area contributed by atoms with Crippen molar-refractivity contribution in [2.45, 2.75) is 32.0 Å². The third-order valence-corrected chi connectivity index (χ3v) is 5.86. The Morgan fingerprint density at radius 1 is 1.26 bits per heavy atom. The molecule has 178 valence electrons. The lowest BCUT2D eigenvalue weighted by Gasteiger charge is -2.23. The molecule has 1 fully saturated rings. The molecule has 34 heavy (non-hydrogen) atoms. The van der Waals surface area contributed by atoms with Gasteiger partial charge in [-0.15, -0.1) is 0 Å². The molecule has 1 amide bonds. The average molecular weight is 484 g/mol. The Kier molecular flexibility index (Phi) is 7.71. The molecule has 2 aromatic heterocycles. The smallest absolute Gasteiger partial charge is 0.256 e. The van der Waals surface area contributed by atoms with Crippen LogP contribution in [0.1, 0.15) is 34.6 Å². The van der Waals surface area contributed by atoms with Gasteiger partial charge in [-0.05, 0) is 36.6 Å². The fraction of sp³-hybridized carbons (Fsp3) is 0.348. The first-order chi connectivity index (χ1) is 16.6. The van der Waals surface area contributed by atoms with Crippen LogP contribution in [0, 0.1) is 0 Å². The minimum absolute atomic E-state index is 0.0244. The number of nitrogens with zero attached hydrogens (tertiary/aromatic N) is 5. The largest absolute Gasteiger partial charge is 0.495 e. The van der Waals surface area contributed by atoms with Crippen LogP contribution in [-0.2, 0) is 13.1 Å². The van der Waals surface area contributed by atoms with Crippen LogP contribution in [0.15, 0.2) is 42.9 Å². The summed E-state index contributed by atoms with van der Waals surface area (Å²) in [5.41, 5.74) is 1.12. The van der Waals surface area contributed by atoms with Gasteiger partial charge in [-0.25, -0.2) is 15.0 Å². The van der Waals surface area contributed by atoms with Crippen LogP contribution in [0.2, 0.25) is 5.02 Å². The molecule has 3 N–H and O–H groups in total. The quantitative estimate of drug-likeness (QED) is 0.420. The molecule has 11 heteroatoms. The van der Waals surface area contributed by atoms with Gasteiger partial charge in [0.05, 0.1) is 31.3 Å². The lowest BCUT2D eigenvalue weighted by atomic mass is 10.2. The Morgan fingerprint density at radius 3 is 2.82 bits per heavy atom. The fourth-order valence-electron chi connectivity index (χ4n) is 3.78. The second-order valence-corrected chi connectivity index (χ2v) is 8.18. The molecule has 0 bridgehead atoms. The summed E-state index contributed by atoms with van der Waals surface area (Å²) in [6, 6.07) is 7.03. The van der Waals surface area contributed by atoms with E-state index in [1.807, 2.05) is 11.0 Å². The number of aliphatic hydroxyl groups is 1. The van der Waals surface area contributed by atoms with E-state index in [0.29, 0.717) is 33.9 Å². The maximum atomic E-state index is 13.0. The molecule has 4 rings (SSSR count). The summed E-state index contributed by atoms with van der Waals surface area (Å²) < 4.78 is 5.17.